The van der Waals surface area contributed by atoms with Crippen molar-refractivity contribution < 1.29 is 4.79 Å². The third-order valence-corrected chi connectivity index (χ3v) is 5.70. The van der Waals surface area contributed by atoms with Crippen LogP contribution >= 0.6 is 0 Å². The summed E-state index contributed by atoms with van der Waals surface area (Å²) < 4.78 is 2.84. The van der Waals surface area contributed by atoms with E-state index in [0.29, 0.717) is 24.1 Å². The van der Waals surface area contributed by atoms with Crippen molar-refractivity contribution in [1.82, 2.24) is 14.6 Å². The largest absolute Gasteiger partial charge is 0.349 e. The Morgan fingerprint density at radius 1 is 0.676 bits per heavy atom. The first-order valence-corrected chi connectivity index (χ1v) is 11.1. The molecule has 5 aromatic rings. The summed E-state index contributed by atoms with van der Waals surface area (Å²) in [4.78, 5) is 27.0. The molecule has 0 aliphatic rings. The van der Waals surface area contributed by atoms with Gasteiger partial charge in [-0.3, -0.25) is 9.58 Å². The maximum atomic E-state index is 13.5. The van der Waals surface area contributed by atoms with E-state index in [4.69, 9.17) is 0 Å². The molecule has 1 N–H and O–H groups in total. The van der Waals surface area contributed by atoms with Gasteiger partial charge < -0.3 is 0 Å². The third-order valence-electron chi connectivity index (χ3n) is 5.70. The summed E-state index contributed by atoms with van der Waals surface area (Å²) >= 11 is 0. The smallest absolute Gasteiger partial charge is 0.287 e. The molecule has 0 saturated heterocycles. The fourth-order valence-electron chi connectivity index (χ4n) is 4.06. The van der Waals surface area contributed by atoms with Crippen LogP contribution in [0.25, 0.3) is 11.0 Å². The maximum absolute atomic E-state index is 13.5. The molecule has 34 heavy (non-hydrogen) atoms. The van der Waals surface area contributed by atoms with E-state index >= 15 is 0 Å². The summed E-state index contributed by atoms with van der Waals surface area (Å²) in [6.45, 7) is 0.834. The van der Waals surface area contributed by atoms with Crippen LogP contribution in [0.2, 0.25) is 0 Å². The molecule has 5 rings (SSSR count). The molecular formula is C28H24N4O2. The van der Waals surface area contributed by atoms with E-state index in [0.717, 1.165) is 16.8 Å². The van der Waals surface area contributed by atoms with E-state index in [1.54, 1.807) is 15.6 Å². The number of imidazole rings is 1. The van der Waals surface area contributed by atoms with Gasteiger partial charge in [-0.25, -0.2) is 19.6 Å². The van der Waals surface area contributed by atoms with Crippen LogP contribution in [-0.4, -0.2) is 15.2 Å². The average molecular weight is 449 g/mol. The predicted octanol–water partition coefficient (Wildman–Crippen LogP) is 5.03. The molecule has 0 atom stereocenters. The lowest BCUT2D eigenvalue weighted by atomic mass is 10.2. The first-order chi connectivity index (χ1) is 16.7. The highest BCUT2D eigenvalue weighted by atomic mass is 16.2. The molecule has 1 heterocycles. The molecule has 0 spiro atoms. The van der Waals surface area contributed by atoms with Gasteiger partial charge >= 0.3 is 11.7 Å². The highest BCUT2D eigenvalue weighted by Gasteiger charge is 2.20. The SMILES string of the molecule is O=C(NN(Cc1ccccc1)c1ccccc1)n1c(=O)n(Cc2ccccc2)c2ccccc21. The Kier molecular flexibility index (Phi) is 5.95. The highest BCUT2D eigenvalue weighted by molar-refractivity contribution is 5.90. The van der Waals surface area contributed by atoms with Crippen LogP contribution in [0.4, 0.5) is 10.5 Å². The number of hydrazine groups is 1. The number of nitrogens with zero attached hydrogens (tertiary/aromatic N) is 3. The number of para-hydroxylation sites is 3. The lowest BCUT2D eigenvalue weighted by Crippen LogP contribution is -2.47. The summed E-state index contributed by atoms with van der Waals surface area (Å²) in [6, 6.07) is 36.1. The maximum Gasteiger partial charge on any atom is 0.349 e. The number of amides is 1. The van der Waals surface area contributed by atoms with Crippen LogP contribution in [0.3, 0.4) is 0 Å². The van der Waals surface area contributed by atoms with E-state index in [2.05, 4.69) is 5.43 Å². The Morgan fingerprint density at radius 2 is 1.21 bits per heavy atom. The minimum atomic E-state index is -0.507. The fourth-order valence-corrected chi connectivity index (χ4v) is 4.06. The quantitative estimate of drug-likeness (QED) is 0.371. The molecule has 0 aliphatic heterocycles. The van der Waals surface area contributed by atoms with Gasteiger partial charge in [0, 0.05) is 0 Å². The summed E-state index contributed by atoms with van der Waals surface area (Å²) in [6.07, 6.45) is 0. The molecule has 6 heteroatoms. The fraction of sp³-hybridized carbons (Fsp3) is 0.0714. The second-order valence-corrected chi connectivity index (χ2v) is 8.00. The zero-order valence-electron chi connectivity index (χ0n) is 18.5. The minimum Gasteiger partial charge on any atom is -0.287 e. The van der Waals surface area contributed by atoms with Crippen molar-refractivity contribution in [1.29, 1.82) is 0 Å². The van der Waals surface area contributed by atoms with Crippen molar-refractivity contribution >= 4 is 22.8 Å². The topological polar surface area (TPSA) is 59.3 Å². The second-order valence-electron chi connectivity index (χ2n) is 8.00. The van der Waals surface area contributed by atoms with Crippen molar-refractivity contribution in [2.75, 3.05) is 5.01 Å². The molecule has 0 saturated carbocycles. The van der Waals surface area contributed by atoms with Crippen molar-refractivity contribution in [2.45, 2.75) is 13.1 Å². The normalized spacial score (nSPS) is 10.8. The summed E-state index contributed by atoms with van der Waals surface area (Å²) in [7, 11) is 0. The van der Waals surface area contributed by atoms with E-state index in [1.165, 1.54) is 4.57 Å². The molecule has 1 aromatic heterocycles. The zero-order chi connectivity index (χ0) is 23.3. The van der Waals surface area contributed by atoms with E-state index < -0.39 is 6.03 Å². The van der Waals surface area contributed by atoms with Crippen molar-refractivity contribution in [2.24, 2.45) is 0 Å². The van der Waals surface area contributed by atoms with Crippen molar-refractivity contribution in [3.63, 3.8) is 0 Å². The monoisotopic (exact) mass is 448 g/mol. The number of hydrogen-bond acceptors (Lipinski definition) is 3. The third kappa shape index (κ3) is 4.34. The van der Waals surface area contributed by atoms with Crippen LogP contribution in [0.5, 0.6) is 0 Å². The summed E-state index contributed by atoms with van der Waals surface area (Å²) in [5.41, 5.74) is 6.69. The van der Waals surface area contributed by atoms with Crippen LogP contribution < -0.4 is 16.1 Å². The van der Waals surface area contributed by atoms with Gasteiger partial charge in [-0.1, -0.05) is 91.0 Å². The van der Waals surface area contributed by atoms with E-state index in [-0.39, 0.29) is 5.69 Å². The van der Waals surface area contributed by atoms with Crippen LogP contribution in [0.15, 0.2) is 120 Å². The number of carbonyl (C=O) groups is 1. The van der Waals surface area contributed by atoms with Gasteiger partial charge in [-0.05, 0) is 35.4 Å². The Bertz CT molecular complexity index is 1460. The van der Waals surface area contributed by atoms with E-state index in [1.807, 2.05) is 109 Å². The van der Waals surface area contributed by atoms with Gasteiger partial charge in [0.25, 0.3) is 0 Å². The number of nitrogens with one attached hydrogen (secondary N) is 1. The van der Waals surface area contributed by atoms with Gasteiger partial charge in [-0.15, -0.1) is 0 Å². The first-order valence-electron chi connectivity index (χ1n) is 11.1. The molecule has 0 fully saturated rings. The molecular weight excluding hydrogens is 424 g/mol. The number of benzene rings is 4. The Morgan fingerprint density at radius 3 is 1.85 bits per heavy atom. The Labute approximate surface area is 197 Å². The second kappa shape index (κ2) is 9.50. The number of fused-ring (bicyclic) bond motifs is 1. The van der Waals surface area contributed by atoms with E-state index in [9.17, 15) is 9.59 Å². The Balaban J connectivity index is 1.52. The summed E-state index contributed by atoms with van der Waals surface area (Å²) in [5, 5.41) is 1.76. The van der Waals surface area contributed by atoms with Crippen LogP contribution in [0, 0.1) is 0 Å². The highest BCUT2D eigenvalue weighted by Crippen LogP contribution is 2.17. The van der Waals surface area contributed by atoms with Crippen molar-refractivity contribution in [3.8, 4) is 0 Å². The number of anilines is 1. The lowest BCUT2D eigenvalue weighted by molar-refractivity contribution is 0.241. The molecule has 0 aliphatic carbocycles. The molecule has 1 amide bonds. The van der Waals surface area contributed by atoms with Gasteiger partial charge in [0.2, 0.25) is 0 Å². The molecule has 4 aromatic carbocycles. The van der Waals surface area contributed by atoms with Gasteiger partial charge in [-0.2, -0.15) is 0 Å². The van der Waals surface area contributed by atoms with Gasteiger partial charge in [0.05, 0.1) is 29.8 Å². The molecule has 168 valence electrons. The standard InChI is InChI=1S/C28H24N4O2/c33-27(29-31(24-16-8-3-9-17-24)21-23-14-6-2-7-15-23)32-26-19-11-10-18-25(26)30(28(32)34)20-22-12-4-1-5-13-22/h1-19H,20-21H2,(H,29,33). The zero-order valence-corrected chi connectivity index (χ0v) is 18.5. The number of hydrogen-bond donors (Lipinski definition) is 1. The number of rotatable bonds is 6. The molecule has 0 radical (unpaired) electrons. The number of carbonyl (C=O) groups excluding carboxylic acids is 1. The predicted molar refractivity (Wildman–Crippen MR) is 135 cm³/mol. The molecule has 6 nitrogen and oxygen atoms in total. The summed E-state index contributed by atoms with van der Waals surface area (Å²) in [5.74, 6) is 0. The first kappa shape index (κ1) is 21.3. The van der Waals surface area contributed by atoms with Gasteiger partial charge in [0.1, 0.15) is 0 Å². The minimum absolute atomic E-state index is 0.379. The number of aromatic nitrogens is 2. The Hall–Kier alpha value is -4.58. The lowest BCUT2D eigenvalue weighted by Gasteiger charge is -2.25. The average Bonchev–Trinajstić information content (AvgIpc) is 3.16. The molecule has 0 bridgehead atoms. The van der Waals surface area contributed by atoms with Crippen molar-refractivity contribution in [3.05, 3.63) is 137 Å². The van der Waals surface area contributed by atoms with Crippen LogP contribution in [-0.2, 0) is 13.1 Å². The van der Waals surface area contributed by atoms with Crippen LogP contribution in [0.1, 0.15) is 11.1 Å². The van der Waals surface area contributed by atoms with Gasteiger partial charge in [0.15, 0.2) is 0 Å². The molecule has 0 unspecified atom stereocenters.